The number of carboxylic acid groups (broad SMARTS) is 1. The third-order valence-electron chi connectivity index (χ3n) is 4.73. The third kappa shape index (κ3) is 4.32. The highest BCUT2D eigenvalue weighted by Crippen LogP contribution is 2.33. The Morgan fingerprint density at radius 3 is 2.35 bits per heavy atom. The number of benzene rings is 1. The predicted octanol–water partition coefficient (Wildman–Crippen LogP) is 2.56. The normalized spacial score (nSPS) is 20.0. The Bertz CT molecular complexity index is 559. The van der Waals surface area contributed by atoms with E-state index in [-0.39, 0.29) is 5.91 Å². The summed E-state index contributed by atoms with van der Waals surface area (Å²) in [6.45, 7) is 1.57. The summed E-state index contributed by atoms with van der Waals surface area (Å²) in [7, 11) is 0. The van der Waals surface area contributed by atoms with Gasteiger partial charge in [0.05, 0.1) is 0 Å². The van der Waals surface area contributed by atoms with Crippen LogP contribution in [0.4, 0.5) is 0 Å². The lowest BCUT2D eigenvalue weighted by Gasteiger charge is -2.22. The number of hydrogen-bond acceptors (Lipinski definition) is 3. The molecular formula is C18H23NO4. The minimum Gasteiger partial charge on any atom is -0.480 e. The molecule has 1 amide bonds. The maximum absolute atomic E-state index is 12.3. The van der Waals surface area contributed by atoms with Crippen molar-refractivity contribution in [1.29, 1.82) is 0 Å². The van der Waals surface area contributed by atoms with Crippen LogP contribution >= 0.6 is 0 Å². The van der Waals surface area contributed by atoms with Crippen molar-refractivity contribution < 1.29 is 19.4 Å². The maximum atomic E-state index is 12.3. The van der Waals surface area contributed by atoms with Crippen LogP contribution in [0.3, 0.4) is 0 Å². The number of hydrogen-bond donors (Lipinski definition) is 2. The zero-order chi connectivity index (χ0) is 16.2. The molecule has 1 aromatic carbocycles. The second-order valence-corrected chi connectivity index (χ2v) is 6.55. The molecule has 0 aromatic heterocycles. The Labute approximate surface area is 136 Å². The van der Waals surface area contributed by atoms with Crippen molar-refractivity contribution in [3.8, 4) is 0 Å². The topological polar surface area (TPSA) is 75.6 Å². The fourth-order valence-corrected chi connectivity index (χ4v) is 3.09. The monoisotopic (exact) mass is 317 g/mol. The number of carbonyl (C=O) groups excluding carboxylic acids is 1. The highest BCUT2D eigenvalue weighted by Gasteiger charge is 2.30. The number of amides is 1. The van der Waals surface area contributed by atoms with E-state index in [1.54, 1.807) is 12.1 Å². The molecule has 1 saturated carbocycles. The van der Waals surface area contributed by atoms with E-state index >= 15 is 0 Å². The van der Waals surface area contributed by atoms with Gasteiger partial charge in [0.25, 0.3) is 5.91 Å². The van der Waals surface area contributed by atoms with Gasteiger partial charge in [-0.25, -0.2) is 4.79 Å². The summed E-state index contributed by atoms with van der Waals surface area (Å²) in [5.74, 6) is -0.324. The van der Waals surface area contributed by atoms with E-state index in [4.69, 9.17) is 4.74 Å². The molecule has 1 aliphatic carbocycles. The summed E-state index contributed by atoms with van der Waals surface area (Å²) in [5.41, 5.74) is 1.74. The van der Waals surface area contributed by atoms with Gasteiger partial charge in [0, 0.05) is 18.8 Å². The molecule has 1 unspecified atom stereocenters. The lowest BCUT2D eigenvalue weighted by atomic mass is 9.91. The van der Waals surface area contributed by atoms with Crippen LogP contribution in [0.2, 0.25) is 0 Å². The molecule has 0 spiro atoms. The van der Waals surface area contributed by atoms with Gasteiger partial charge in [-0.05, 0) is 48.8 Å². The van der Waals surface area contributed by atoms with Crippen molar-refractivity contribution in [2.45, 2.75) is 44.1 Å². The number of aliphatic carboxylic acids is 1. The molecular weight excluding hydrogens is 294 g/mol. The maximum Gasteiger partial charge on any atom is 0.326 e. The van der Waals surface area contributed by atoms with Crippen LogP contribution in [0.1, 0.15) is 53.9 Å². The standard InChI is InChI=1S/C18H23NO4/c20-17(19-16(18(21)22)11-12-1-2-12)15-5-3-13(4-6-15)14-7-9-23-10-8-14/h3-6,12,14,16H,1-2,7-11H2,(H,19,20)(H,21,22). The van der Waals surface area contributed by atoms with E-state index in [2.05, 4.69) is 5.32 Å². The molecule has 3 rings (SSSR count). The Hall–Kier alpha value is -1.88. The molecule has 124 valence electrons. The Kier molecular flexibility index (Phi) is 4.96. The molecule has 5 heteroatoms. The molecule has 2 fully saturated rings. The van der Waals surface area contributed by atoms with Crippen LogP contribution < -0.4 is 5.32 Å². The minimum atomic E-state index is -0.955. The average Bonchev–Trinajstić information content (AvgIpc) is 3.39. The van der Waals surface area contributed by atoms with E-state index in [1.165, 1.54) is 5.56 Å². The van der Waals surface area contributed by atoms with Gasteiger partial charge in [-0.2, -0.15) is 0 Å². The van der Waals surface area contributed by atoms with Crippen molar-refractivity contribution in [2.75, 3.05) is 13.2 Å². The fourth-order valence-electron chi connectivity index (χ4n) is 3.09. The molecule has 2 N–H and O–H groups in total. The molecule has 0 bridgehead atoms. The molecule has 23 heavy (non-hydrogen) atoms. The van der Waals surface area contributed by atoms with Crippen molar-refractivity contribution >= 4 is 11.9 Å². The van der Waals surface area contributed by atoms with Gasteiger partial charge in [-0.15, -0.1) is 0 Å². The first kappa shape index (κ1) is 16.0. The van der Waals surface area contributed by atoms with Crippen LogP contribution in [-0.4, -0.2) is 36.2 Å². The number of carboxylic acids is 1. The highest BCUT2D eigenvalue weighted by molar-refractivity contribution is 5.96. The smallest absolute Gasteiger partial charge is 0.326 e. The molecule has 1 atom stereocenters. The molecule has 1 heterocycles. The summed E-state index contributed by atoms with van der Waals surface area (Å²) < 4.78 is 5.37. The van der Waals surface area contributed by atoms with Crippen LogP contribution in [-0.2, 0) is 9.53 Å². The van der Waals surface area contributed by atoms with Gasteiger partial charge in [0.2, 0.25) is 0 Å². The second kappa shape index (κ2) is 7.13. The number of carbonyl (C=O) groups is 2. The summed E-state index contributed by atoms with van der Waals surface area (Å²) >= 11 is 0. The number of ether oxygens (including phenoxy) is 1. The van der Waals surface area contributed by atoms with Gasteiger partial charge in [0.15, 0.2) is 0 Å². The van der Waals surface area contributed by atoms with Gasteiger partial charge >= 0.3 is 5.97 Å². The first-order valence-electron chi connectivity index (χ1n) is 8.35. The largest absolute Gasteiger partial charge is 0.480 e. The van der Waals surface area contributed by atoms with Crippen LogP contribution in [0, 0.1) is 5.92 Å². The first-order chi connectivity index (χ1) is 11.1. The summed E-state index contributed by atoms with van der Waals surface area (Å²) in [4.78, 5) is 23.5. The Balaban J connectivity index is 1.60. The van der Waals surface area contributed by atoms with E-state index in [9.17, 15) is 14.7 Å². The molecule has 1 aliphatic heterocycles. The summed E-state index contributed by atoms with van der Waals surface area (Å²) in [5, 5.41) is 11.9. The Morgan fingerprint density at radius 1 is 1.13 bits per heavy atom. The highest BCUT2D eigenvalue weighted by atomic mass is 16.5. The van der Waals surface area contributed by atoms with Crippen LogP contribution in [0.25, 0.3) is 0 Å². The lowest BCUT2D eigenvalue weighted by Crippen LogP contribution is -2.41. The Morgan fingerprint density at radius 2 is 1.78 bits per heavy atom. The number of nitrogens with one attached hydrogen (secondary N) is 1. The van der Waals surface area contributed by atoms with Crippen molar-refractivity contribution in [3.63, 3.8) is 0 Å². The first-order valence-corrected chi connectivity index (χ1v) is 8.35. The zero-order valence-electron chi connectivity index (χ0n) is 13.2. The second-order valence-electron chi connectivity index (χ2n) is 6.55. The predicted molar refractivity (Wildman–Crippen MR) is 85.5 cm³/mol. The average molecular weight is 317 g/mol. The number of rotatable bonds is 6. The fraction of sp³-hybridized carbons (Fsp3) is 0.556. The molecule has 0 radical (unpaired) electrons. The summed E-state index contributed by atoms with van der Waals surface area (Å²) in [6, 6.07) is 6.74. The van der Waals surface area contributed by atoms with E-state index < -0.39 is 12.0 Å². The minimum absolute atomic E-state index is 0.309. The summed E-state index contributed by atoms with van der Waals surface area (Å²) in [6.07, 6.45) is 4.68. The van der Waals surface area contributed by atoms with Gasteiger partial charge < -0.3 is 15.2 Å². The zero-order valence-corrected chi connectivity index (χ0v) is 13.2. The molecule has 2 aliphatic rings. The lowest BCUT2D eigenvalue weighted by molar-refractivity contribution is -0.139. The third-order valence-corrected chi connectivity index (χ3v) is 4.73. The van der Waals surface area contributed by atoms with Crippen molar-refractivity contribution in [1.82, 2.24) is 5.32 Å². The van der Waals surface area contributed by atoms with Crippen LogP contribution in [0.5, 0.6) is 0 Å². The quantitative estimate of drug-likeness (QED) is 0.845. The van der Waals surface area contributed by atoms with Crippen molar-refractivity contribution in [2.24, 2.45) is 5.92 Å². The van der Waals surface area contributed by atoms with E-state index in [0.29, 0.717) is 23.8 Å². The van der Waals surface area contributed by atoms with E-state index in [0.717, 1.165) is 38.9 Å². The van der Waals surface area contributed by atoms with E-state index in [1.807, 2.05) is 12.1 Å². The van der Waals surface area contributed by atoms with Crippen molar-refractivity contribution in [3.05, 3.63) is 35.4 Å². The molecule has 1 aromatic rings. The van der Waals surface area contributed by atoms with Gasteiger partial charge in [-0.1, -0.05) is 25.0 Å². The SMILES string of the molecule is O=C(NC(CC1CC1)C(=O)O)c1ccc(C2CCOCC2)cc1. The van der Waals surface area contributed by atoms with Crippen LogP contribution in [0.15, 0.2) is 24.3 Å². The van der Waals surface area contributed by atoms with Gasteiger partial charge in [0.1, 0.15) is 6.04 Å². The molecule has 5 nitrogen and oxygen atoms in total. The van der Waals surface area contributed by atoms with Gasteiger partial charge in [-0.3, -0.25) is 4.79 Å². The molecule has 1 saturated heterocycles.